The zero-order valence-electron chi connectivity index (χ0n) is 29.4. The van der Waals surface area contributed by atoms with Gasteiger partial charge in [0.1, 0.15) is 17.0 Å². The molecule has 7 heterocycles. The lowest BCUT2D eigenvalue weighted by Crippen LogP contribution is -2.40. The van der Waals surface area contributed by atoms with Crippen molar-refractivity contribution in [2.45, 2.75) is 101 Å². The Morgan fingerprint density at radius 2 is 1.82 bits per heavy atom. The van der Waals surface area contributed by atoms with Crippen LogP contribution in [0.5, 0.6) is 5.88 Å². The molecule has 51 heavy (non-hydrogen) atoms. The van der Waals surface area contributed by atoms with Gasteiger partial charge in [0.2, 0.25) is 0 Å². The van der Waals surface area contributed by atoms with Crippen molar-refractivity contribution in [1.29, 1.82) is 0 Å². The van der Waals surface area contributed by atoms with Crippen LogP contribution in [-0.2, 0) is 6.54 Å². The smallest absolute Gasteiger partial charge is 0.315 e. The van der Waals surface area contributed by atoms with E-state index < -0.39 is 0 Å². The van der Waals surface area contributed by atoms with E-state index in [0.29, 0.717) is 28.9 Å². The maximum atomic E-state index is 14.0. The third-order valence-corrected chi connectivity index (χ3v) is 11.4. The van der Waals surface area contributed by atoms with Gasteiger partial charge < -0.3 is 30.6 Å². The highest BCUT2D eigenvalue weighted by molar-refractivity contribution is 5.97. The molecule has 5 atom stereocenters. The predicted molar refractivity (Wildman–Crippen MR) is 193 cm³/mol. The molecule has 4 N–H and O–H groups in total. The molecule has 0 aromatic carbocycles. The Bertz CT molecular complexity index is 2150. The Hall–Kier alpha value is -4.97. The van der Waals surface area contributed by atoms with E-state index in [0.717, 1.165) is 78.0 Å². The first kappa shape index (κ1) is 32.0. The van der Waals surface area contributed by atoms with Crippen LogP contribution in [0.1, 0.15) is 104 Å². The van der Waals surface area contributed by atoms with Gasteiger partial charge in [-0.25, -0.2) is 14.8 Å². The summed E-state index contributed by atoms with van der Waals surface area (Å²) in [5, 5.41) is 7.11. The lowest BCUT2D eigenvalue weighted by atomic mass is 9.97. The standard InChI is InChI=1S/C39H45N9O3/c1-21(26-5-4-14-41-19-26)42-39(50)43-22(2)30-12-10-25-15-32(46(37(25)44-30)20-23-6-7-23)35-36(24-8-9-24)48-33(45-35)16-27(17-34(48)51-3)38(49)47-28-11-13-31(47)29(40)18-28/h4-5,10,12,14-17,19,21-24,28-29,31H,6-9,11,13,18,20,40H2,1-3H3,(H2,42,43,50)/t21-,22-,28+,29-,31?/m1/s1. The Morgan fingerprint density at radius 1 is 1.00 bits per heavy atom. The van der Waals surface area contributed by atoms with Crippen molar-refractivity contribution in [3.63, 3.8) is 0 Å². The fourth-order valence-electron chi connectivity index (χ4n) is 8.40. The van der Waals surface area contributed by atoms with Crippen molar-refractivity contribution < 1.29 is 14.3 Å². The fraction of sp³-hybridized carbons (Fsp3) is 0.462. The Kier molecular flexibility index (Phi) is 7.75. The third-order valence-electron chi connectivity index (χ3n) is 11.4. The zero-order chi connectivity index (χ0) is 35.0. The van der Waals surface area contributed by atoms with Crippen molar-refractivity contribution in [3.8, 4) is 17.3 Å². The molecule has 9 rings (SSSR count). The Morgan fingerprint density at radius 3 is 2.51 bits per heavy atom. The number of carbonyl (C=O) groups excluding carboxylic acids is 2. The number of pyridine rings is 3. The van der Waals surface area contributed by atoms with Crippen LogP contribution in [0.15, 0.2) is 54.9 Å². The summed E-state index contributed by atoms with van der Waals surface area (Å²) >= 11 is 0. The van der Waals surface area contributed by atoms with Crippen LogP contribution in [0.3, 0.4) is 0 Å². The monoisotopic (exact) mass is 687 g/mol. The third kappa shape index (κ3) is 5.69. The summed E-state index contributed by atoms with van der Waals surface area (Å²) < 4.78 is 10.4. The number of hydrogen-bond acceptors (Lipinski definition) is 7. The summed E-state index contributed by atoms with van der Waals surface area (Å²) in [5.41, 5.74) is 13.4. The van der Waals surface area contributed by atoms with E-state index >= 15 is 0 Å². The molecule has 4 aliphatic rings. The molecular formula is C39H45N9O3. The second kappa shape index (κ2) is 12.4. The lowest BCUT2D eigenvalue weighted by Gasteiger charge is -2.23. The number of ether oxygens (including phenoxy) is 1. The van der Waals surface area contributed by atoms with Gasteiger partial charge in [0.25, 0.3) is 5.91 Å². The number of imidazole rings is 1. The maximum Gasteiger partial charge on any atom is 0.315 e. The molecule has 5 aromatic rings. The second-order valence-electron chi connectivity index (χ2n) is 15.1. The summed E-state index contributed by atoms with van der Waals surface area (Å²) in [7, 11) is 1.67. The van der Waals surface area contributed by atoms with E-state index in [4.69, 9.17) is 20.4 Å². The van der Waals surface area contributed by atoms with Gasteiger partial charge >= 0.3 is 6.03 Å². The predicted octanol–water partition coefficient (Wildman–Crippen LogP) is 5.87. The summed E-state index contributed by atoms with van der Waals surface area (Å²) in [6, 6.07) is 13.5. The SMILES string of the molecule is COc1cc(C(=O)N2C3CC[C@H]2C[C@H]3N)cc2nc(-c3cc4ccc([C@@H](C)NC(=O)N[C@H](C)c5cccnc5)nc4n3CC3CC3)c(C3CC3)n12. The van der Waals surface area contributed by atoms with Crippen LogP contribution in [0, 0.1) is 5.92 Å². The zero-order valence-corrected chi connectivity index (χ0v) is 29.4. The minimum absolute atomic E-state index is 0.0105. The van der Waals surface area contributed by atoms with Gasteiger partial charge in [-0.2, -0.15) is 0 Å². The second-order valence-corrected chi connectivity index (χ2v) is 15.1. The lowest BCUT2D eigenvalue weighted by molar-refractivity contribution is 0.0726. The molecule has 0 spiro atoms. The van der Waals surface area contributed by atoms with Crippen LogP contribution in [-0.4, -0.2) is 66.0 Å². The molecule has 2 saturated carbocycles. The average molecular weight is 688 g/mol. The van der Waals surface area contributed by atoms with Crippen LogP contribution >= 0.6 is 0 Å². The van der Waals surface area contributed by atoms with Gasteiger partial charge in [-0.1, -0.05) is 6.07 Å². The van der Waals surface area contributed by atoms with Crippen LogP contribution in [0.4, 0.5) is 4.79 Å². The van der Waals surface area contributed by atoms with Gasteiger partial charge in [-0.05, 0) is 101 Å². The van der Waals surface area contributed by atoms with E-state index in [1.165, 1.54) is 12.8 Å². The molecule has 0 radical (unpaired) electrons. The summed E-state index contributed by atoms with van der Waals surface area (Å²) in [5.74, 6) is 1.57. The normalized spacial score (nSPS) is 22.4. The minimum atomic E-state index is -0.318. The van der Waals surface area contributed by atoms with Gasteiger partial charge in [0, 0.05) is 60.0 Å². The number of fused-ring (bicyclic) bond motifs is 4. The Labute approximate surface area is 296 Å². The molecule has 12 nitrogen and oxygen atoms in total. The van der Waals surface area contributed by atoms with Crippen molar-refractivity contribution >= 4 is 28.6 Å². The largest absolute Gasteiger partial charge is 0.482 e. The highest BCUT2D eigenvalue weighted by atomic mass is 16.5. The summed E-state index contributed by atoms with van der Waals surface area (Å²) in [4.78, 5) is 43.6. The van der Waals surface area contributed by atoms with Crippen molar-refractivity contribution in [1.82, 2.24) is 39.5 Å². The number of methoxy groups -OCH3 is 1. The maximum absolute atomic E-state index is 14.0. The molecule has 1 unspecified atom stereocenters. The number of nitrogens with zero attached hydrogens (tertiary/aromatic N) is 6. The molecule has 2 aliphatic carbocycles. The number of amides is 3. The number of aromatic nitrogens is 5. The molecule has 2 saturated heterocycles. The number of rotatable bonds is 10. The van der Waals surface area contributed by atoms with Crippen LogP contribution in [0.2, 0.25) is 0 Å². The number of carbonyl (C=O) groups is 2. The van der Waals surface area contributed by atoms with E-state index in [9.17, 15) is 9.59 Å². The number of urea groups is 1. The molecule has 264 valence electrons. The van der Waals surface area contributed by atoms with E-state index in [1.54, 1.807) is 19.5 Å². The van der Waals surface area contributed by atoms with E-state index in [-0.39, 0.29) is 42.1 Å². The van der Waals surface area contributed by atoms with Crippen LogP contribution in [0.25, 0.3) is 28.1 Å². The van der Waals surface area contributed by atoms with Crippen molar-refractivity contribution in [2.24, 2.45) is 11.7 Å². The average Bonchev–Trinajstić information content (AvgIpc) is 4.01. The van der Waals surface area contributed by atoms with Crippen molar-refractivity contribution in [3.05, 3.63) is 77.4 Å². The molecule has 2 bridgehead atoms. The quantitative estimate of drug-likeness (QED) is 0.167. The van der Waals surface area contributed by atoms with Gasteiger partial charge in [0.15, 0.2) is 5.88 Å². The molecular weight excluding hydrogens is 642 g/mol. The fourth-order valence-corrected chi connectivity index (χ4v) is 8.40. The summed E-state index contributed by atoms with van der Waals surface area (Å²) in [6.07, 6.45) is 10.9. The topological polar surface area (TPSA) is 145 Å². The van der Waals surface area contributed by atoms with Crippen LogP contribution < -0.4 is 21.1 Å². The van der Waals surface area contributed by atoms with Gasteiger partial charge in [-0.3, -0.25) is 14.2 Å². The molecule has 3 amide bonds. The minimum Gasteiger partial charge on any atom is -0.482 e. The van der Waals surface area contributed by atoms with Gasteiger partial charge in [0.05, 0.1) is 36.3 Å². The first-order valence-corrected chi connectivity index (χ1v) is 18.4. The molecule has 2 aliphatic heterocycles. The van der Waals surface area contributed by atoms with E-state index in [1.807, 2.05) is 49.1 Å². The first-order valence-electron chi connectivity index (χ1n) is 18.4. The van der Waals surface area contributed by atoms with Gasteiger partial charge in [-0.15, -0.1) is 0 Å². The number of nitrogens with two attached hydrogens (primary N) is 1. The van der Waals surface area contributed by atoms with Crippen molar-refractivity contribution in [2.75, 3.05) is 7.11 Å². The first-order chi connectivity index (χ1) is 24.8. The highest BCUT2D eigenvalue weighted by Crippen LogP contribution is 2.47. The number of nitrogens with one attached hydrogen (secondary N) is 2. The molecule has 5 aromatic heterocycles. The number of hydrogen-bond donors (Lipinski definition) is 3. The van der Waals surface area contributed by atoms with E-state index in [2.05, 4.69) is 36.7 Å². The molecule has 12 heteroatoms. The summed E-state index contributed by atoms with van der Waals surface area (Å²) in [6.45, 7) is 4.74. The Balaban J connectivity index is 1.07. The molecule has 4 fully saturated rings. The highest BCUT2D eigenvalue weighted by Gasteiger charge is 2.47.